The highest BCUT2D eigenvalue weighted by molar-refractivity contribution is 7.99. The monoisotopic (exact) mass is 515 g/mol. The molecule has 4 aromatic rings. The number of benzene rings is 3. The highest BCUT2D eigenvalue weighted by Gasteiger charge is 2.16. The van der Waals surface area contributed by atoms with Gasteiger partial charge < -0.3 is 10.0 Å². The Morgan fingerprint density at radius 3 is 2.57 bits per heavy atom. The number of fused-ring (bicyclic) bond motifs is 1. The number of hydrogen-bond donors (Lipinski definition) is 2. The Labute approximate surface area is 219 Å². The number of aromatic hydroxyl groups is 1. The van der Waals surface area contributed by atoms with Crippen LogP contribution in [0.5, 0.6) is 5.75 Å². The molecule has 1 amide bonds. The van der Waals surface area contributed by atoms with Crippen LogP contribution in [-0.2, 0) is 4.79 Å². The van der Waals surface area contributed by atoms with Crippen molar-refractivity contribution >= 4 is 40.5 Å². The Morgan fingerprint density at radius 1 is 1.11 bits per heavy atom. The number of anilines is 1. The van der Waals surface area contributed by atoms with E-state index in [9.17, 15) is 14.7 Å². The maximum Gasteiger partial charge on any atom is 0.266 e. The van der Waals surface area contributed by atoms with Crippen LogP contribution in [0, 0.1) is 6.92 Å². The SMILES string of the molecule is CCN(CC)c1ccc(/C=N\NC(=O)CSc2nc3ccccc3c(=O)n2-c2ccccc2C)c(O)c1. The van der Waals surface area contributed by atoms with E-state index < -0.39 is 0 Å². The van der Waals surface area contributed by atoms with Crippen LogP contribution in [0.3, 0.4) is 0 Å². The van der Waals surface area contributed by atoms with E-state index in [1.165, 1.54) is 6.21 Å². The summed E-state index contributed by atoms with van der Waals surface area (Å²) in [6, 6.07) is 20.1. The van der Waals surface area contributed by atoms with Gasteiger partial charge >= 0.3 is 0 Å². The summed E-state index contributed by atoms with van der Waals surface area (Å²) >= 11 is 1.16. The van der Waals surface area contributed by atoms with E-state index in [-0.39, 0.29) is 23.0 Å². The summed E-state index contributed by atoms with van der Waals surface area (Å²) in [5.41, 5.74) is 5.92. The summed E-state index contributed by atoms with van der Waals surface area (Å²) in [6.45, 7) is 7.70. The number of hydrazone groups is 1. The van der Waals surface area contributed by atoms with Crippen LogP contribution in [0.2, 0.25) is 0 Å². The average Bonchev–Trinajstić information content (AvgIpc) is 2.90. The zero-order chi connectivity index (χ0) is 26.4. The fraction of sp³-hybridized carbons (Fsp3) is 0.214. The fourth-order valence-corrected chi connectivity index (χ4v) is 4.80. The van der Waals surface area contributed by atoms with Crippen LogP contribution in [0.1, 0.15) is 25.0 Å². The normalized spacial score (nSPS) is 11.2. The predicted molar refractivity (Wildman–Crippen MR) is 150 cm³/mol. The second-order valence-corrected chi connectivity index (χ2v) is 9.28. The van der Waals surface area contributed by atoms with Crippen molar-refractivity contribution in [2.24, 2.45) is 5.10 Å². The number of phenols is 1. The molecule has 4 rings (SSSR count). The van der Waals surface area contributed by atoms with Crippen molar-refractivity contribution in [2.45, 2.75) is 25.9 Å². The number of thioether (sulfide) groups is 1. The molecule has 0 radical (unpaired) electrons. The van der Waals surface area contributed by atoms with Gasteiger partial charge in [-0.2, -0.15) is 5.10 Å². The summed E-state index contributed by atoms with van der Waals surface area (Å²) in [5, 5.41) is 15.3. The number of carbonyl (C=O) groups is 1. The van der Waals surface area contributed by atoms with Crippen molar-refractivity contribution in [1.29, 1.82) is 0 Å². The van der Waals surface area contributed by atoms with Crippen molar-refractivity contribution in [2.75, 3.05) is 23.7 Å². The number of rotatable bonds is 9. The molecule has 0 saturated carbocycles. The molecule has 3 aromatic carbocycles. The number of para-hydroxylation sites is 2. The molecule has 0 saturated heterocycles. The third-order valence-electron chi connectivity index (χ3n) is 5.97. The number of carbonyl (C=O) groups excluding carboxylic acids is 1. The standard InChI is InChI=1S/C28H29N5O3S/c1-4-32(5-2)21-15-14-20(25(34)16-21)17-29-31-26(35)18-37-28-30-23-12-8-7-11-22(23)27(36)33(28)24-13-9-6-10-19(24)3/h6-17,34H,4-5,18H2,1-3H3,(H,31,35)/b29-17-. The lowest BCUT2D eigenvalue weighted by Crippen LogP contribution is -2.24. The lowest BCUT2D eigenvalue weighted by atomic mass is 10.2. The molecule has 0 bridgehead atoms. The third-order valence-corrected chi connectivity index (χ3v) is 6.91. The maximum absolute atomic E-state index is 13.4. The first-order chi connectivity index (χ1) is 17.9. The number of hydrogen-bond acceptors (Lipinski definition) is 7. The molecule has 0 unspecified atom stereocenters. The van der Waals surface area contributed by atoms with E-state index in [2.05, 4.69) is 34.3 Å². The largest absolute Gasteiger partial charge is 0.507 e. The van der Waals surface area contributed by atoms with E-state index in [1.807, 2.05) is 43.3 Å². The molecule has 2 N–H and O–H groups in total. The molecular weight excluding hydrogens is 486 g/mol. The number of nitrogens with one attached hydrogen (secondary N) is 1. The van der Waals surface area contributed by atoms with E-state index in [4.69, 9.17) is 0 Å². The molecule has 0 aliphatic rings. The van der Waals surface area contributed by atoms with Gasteiger partial charge in [0.1, 0.15) is 5.75 Å². The first-order valence-electron chi connectivity index (χ1n) is 12.0. The highest BCUT2D eigenvalue weighted by Crippen LogP contribution is 2.24. The smallest absolute Gasteiger partial charge is 0.266 e. The van der Waals surface area contributed by atoms with Gasteiger partial charge in [-0.15, -0.1) is 0 Å². The van der Waals surface area contributed by atoms with E-state index in [1.54, 1.807) is 34.9 Å². The lowest BCUT2D eigenvalue weighted by Gasteiger charge is -2.21. The topological polar surface area (TPSA) is 99.8 Å². The van der Waals surface area contributed by atoms with Gasteiger partial charge in [-0.25, -0.2) is 10.4 Å². The van der Waals surface area contributed by atoms with E-state index in [0.29, 0.717) is 21.6 Å². The molecule has 190 valence electrons. The third kappa shape index (κ3) is 5.83. The molecule has 0 fully saturated rings. The van der Waals surface area contributed by atoms with E-state index in [0.717, 1.165) is 41.8 Å². The fourth-order valence-electron chi connectivity index (χ4n) is 4.00. The molecule has 0 aliphatic heterocycles. The van der Waals surface area contributed by atoms with Crippen molar-refractivity contribution in [3.05, 3.63) is 88.2 Å². The van der Waals surface area contributed by atoms with Gasteiger partial charge in [-0.1, -0.05) is 42.1 Å². The van der Waals surface area contributed by atoms with Crippen LogP contribution >= 0.6 is 11.8 Å². The van der Waals surface area contributed by atoms with Gasteiger partial charge in [0.2, 0.25) is 0 Å². The number of phenolic OH excluding ortho intramolecular Hbond substituents is 1. The molecule has 0 atom stereocenters. The molecular formula is C28H29N5O3S. The van der Waals surface area contributed by atoms with Gasteiger partial charge in [0.05, 0.1) is 28.6 Å². The van der Waals surface area contributed by atoms with Crippen molar-refractivity contribution in [1.82, 2.24) is 15.0 Å². The number of nitrogens with zero attached hydrogens (tertiary/aromatic N) is 4. The van der Waals surface area contributed by atoms with Crippen molar-refractivity contribution in [3.63, 3.8) is 0 Å². The Hall–Kier alpha value is -4.11. The Bertz CT molecular complexity index is 1510. The minimum atomic E-state index is -0.362. The molecule has 0 aliphatic carbocycles. The van der Waals surface area contributed by atoms with Gasteiger partial charge in [0, 0.05) is 30.4 Å². The molecule has 37 heavy (non-hydrogen) atoms. The number of aryl methyl sites for hydroxylation is 1. The number of amides is 1. The zero-order valence-corrected chi connectivity index (χ0v) is 21.8. The van der Waals surface area contributed by atoms with Crippen LogP contribution in [0.25, 0.3) is 16.6 Å². The summed E-state index contributed by atoms with van der Waals surface area (Å²) in [6.07, 6.45) is 1.40. The first kappa shape index (κ1) is 26.0. The summed E-state index contributed by atoms with van der Waals surface area (Å²) in [4.78, 5) is 32.7. The first-order valence-corrected chi connectivity index (χ1v) is 13.0. The summed E-state index contributed by atoms with van der Waals surface area (Å²) in [5.74, 6) is -0.278. The Kier molecular flexibility index (Phi) is 8.25. The average molecular weight is 516 g/mol. The van der Waals surface area contributed by atoms with Gasteiger partial charge in [0.25, 0.3) is 11.5 Å². The highest BCUT2D eigenvalue weighted by atomic mass is 32.2. The van der Waals surface area contributed by atoms with E-state index >= 15 is 0 Å². The van der Waals surface area contributed by atoms with Crippen molar-refractivity contribution in [3.8, 4) is 11.4 Å². The minimum Gasteiger partial charge on any atom is -0.507 e. The van der Waals surface area contributed by atoms with Gasteiger partial charge in [-0.05, 0) is 56.7 Å². The van der Waals surface area contributed by atoms with Crippen LogP contribution in [0.15, 0.2) is 81.8 Å². The Morgan fingerprint density at radius 2 is 1.84 bits per heavy atom. The summed E-state index contributed by atoms with van der Waals surface area (Å²) < 4.78 is 1.55. The Balaban J connectivity index is 1.50. The molecule has 1 aromatic heterocycles. The number of aromatic nitrogens is 2. The van der Waals surface area contributed by atoms with Crippen LogP contribution < -0.4 is 15.9 Å². The molecule has 9 heteroatoms. The van der Waals surface area contributed by atoms with Gasteiger partial charge in [-0.3, -0.25) is 14.2 Å². The predicted octanol–water partition coefficient (Wildman–Crippen LogP) is 4.49. The van der Waals surface area contributed by atoms with Crippen LogP contribution in [-0.4, -0.2) is 45.6 Å². The second-order valence-electron chi connectivity index (χ2n) is 8.34. The lowest BCUT2D eigenvalue weighted by molar-refractivity contribution is -0.118. The maximum atomic E-state index is 13.4. The van der Waals surface area contributed by atoms with Crippen LogP contribution in [0.4, 0.5) is 5.69 Å². The minimum absolute atomic E-state index is 0.000874. The molecule has 8 nitrogen and oxygen atoms in total. The zero-order valence-electron chi connectivity index (χ0n) is 21.0. The quantitative estimate of drug-likeness (QED) is 0.148. The second kappa shape index (κ2) is 11.7. The van der Waals surface area contributed by atoms with Gasteiger partial charge in [0.15, 0.2) is 5.16 Å². The van der Waals surface area contributed by atoms with Crippen molar-refractivity contribution < 1.29 is 9.90 Å². The molecule has 0 spiro atoms. The summed E-state index contributed by atoms with van der Waals surface area (Å²) in [7, 11) is 0. The molecule has 1 heterocycles.